The van der Waals surface area contributed by atoms with E-state index in [1.165, 1.54) is 0 Å². The van der Waals surface area contributed by atoms with Crippen molar-refractivity contribution in [3.8, 4) is 6.07 Å². The molecular weight excluding hydrogens is 282 g/mol. The van der Waals surface area contributed by atoms with Crippen molar-refractivity contribution in [3.05, 3.63) is 65.7 Å². The lowest BCUT2D eigenvalue weighted by Gasteiger charge is -2.12. The Hall–Kier alpha value is -2.71. The maximum Gasteiger partial charge on any atom is 0.257 e. The van der Waals surface area contributed by atoms with Gasteiger partial charge in [0.2, 0.25) is 0 Å². The van der Waals surface area contributed by atoms with Crippen LogP contribution in [0.3, 0.4) is 0 Å². The predicted octanol–water partition coefficient (Wildman–Crippen LogP) is 2.88. The highest BCUT2D eigenvalue weighted by atomic mass is 32.1. The molecule has 0 saturated carbocycles. The van der Waals surface area contributed by atoms with Gasteiger partial charge in [-0.1, -0.05) is 36.4 Å². The summed E-state index contributed by atoms with van der Waals surface area (Å²) in [4.78, 5) is 12.0. The second kappa shape index (κ2) is 7.17. The van der Waals surface area contributed by atoms with Crippen LogP contribution in [0.15, 0.2) is 54.6 Å². The number of nitrogens with one attached hydrogen (secondary N) is 2. The molecule has 0 aliphatic heterocycles. The fraction of sp³-hybridized carbons (Fsp3) is 0.0625. The summed E-state index contributed by atoms with van der Waals surface area (Å²) < 4.78 is 0. The summed E-state index contributed by atoms with van der Waals surface area (Å²) >= 11 is 5.13. The van der Waals surface area contributed by atoms with Gasteiger partial charge in [0.25, 0.3) is 5.91 Å². The number of nitriles is 1. The first-order chi connectivity index (χ1) is 10.2. The van der Waals surface area contributed by atoms with Crippen LogP contribution in [-0.2, 0) is 6.42 Å². The van der Waals surface area contributed by atoms with Gasteiger partial charge in [0, 0.05) is 11.3 Å². The first-order valence-corrected chi connectivity index (χ1v) is 6.74. The molecule has 0 unspecified atom stereocenters. The number of hydrogen-bond donors (Lipinski definition) is 2. The average Bonchev–Trinajstić information content (AvgIpc) is 2.50. The van der Waals surface area contributed by atoms with Crippen LogP contribution in [0.5, 0.6) is 0 Å². The lowest BCUT2D eigenvalue weighted by molar-refractivity contribution is 0.0977. The number of anilines is 1. The Morgan fingerprint density at radius 2 is 1.76 bits per heavy atom. The molecule has 0 atom stereocenters. The number of rotatable bonds is 3. The molecular formula is C16H13N3OS. The largest absolute Gasteiger partial charge is 0.332 e. The van der Waals surface area contributed by atoms with E-state index in [4.69, 9.17) is 17.5 Å². The molecule has 2 aromatic rings. The third-order valence-electron chi connectivity index (χ3n) is 2.80. The molecule has 0 saturated heterocycles. The van der Waals surface area contributed by atoms with E-state index in [2.05, 4.69) is 16.7 Å². The highest BCUT2D eigenvalue weighted by Crippen LogP contribution is 2.15. The molecule has 0 aromatic heterocycles. The lowest BCUT2D eigenvalue weighted by atomic mass is 10.1. The fourth-order valence-corrected chi connectivity index (χ4v) is 2.00. The maximum atomic E-state index is 12.0. The molecule has 0 fully saturated rings. The summed E-state index contributed by atoms with van der Waals surface area (Å²) in [5.74, 6) is -0.272. The van der Waals surface area contributed by atoms with Crippen LogP contribution < -0.4 is 10.6 Å². The molecule has 104 valence electrons. The van der Waals surface area contributed by atoms with Gasteiger partial charge < -0.3 is 5.32 Å². The van der Waals surface area contributed by atoms with Crippen molar-refractivity contribution in [2.24, 2.45) is 0 Å². The molecule has 0 aliphatic carbocycles. The van der Waals surface area contributed by atoms with Crippen molar-refractivity contribution in [1.82, 2.24) is 5.32 Å². The van der Waals surface area contributed by atoms with Gasteiger partial charge in [0.15, 0.2) is 5.11 Å². The van der Waals surface area contributed by atoms with E-state index in [-0.39, 0.29) is 17.4 Å². The number of carbonyl (C=O) groups excluding carboxylic acids is 1. The Balaban J connectivity index is 2.03. The highest BCUT2D eigenvalue weighted by molar-refractivity contribution is 7.80. The zero-order chi connectivity index (χ0) is 15.1. The van der Waals surface area contributed by atoms with Crippen molar-refractivity contribution >= 4 is 28.9 Å². The number of hydrogen-bond acceptors (Lipinski definition) is 3. The van der Waals surface area contributed by atoms with Crippen LogP contribution >= 0.6 is 12.2 Å². The summed E-state index contributed by atoms with van der Waals surface area (Å²) in [6, 6.07) is 18.3. The Morgan fingerprint density at radius 3 is 2.48 bits per heavy atom. The van der Waals surface area contributed by atoms with E-state index >= 15 is 0 Å². The number of carbonyl (C=O) groups is 1. The topological polar surface area (TPSA) is 64.9 Å². The van der Waals surface area contributed by atoms with Crippen molar-refractivity contribution < 1.29 is 4.79 Å². The number of nitrogens with zero attached hydrogens (tertiary/aromatic N) is 1. The van der Waals surface area contributed by atoms with E-state index < -0.39 is 0 Å². The van der Waals surface area contributed by atoms with E-state index in [9.17, 15) is 4.79 Å². The second-order valence-corrected chi connectivity index (χ2v) is 4.67. The van der Waals surface area contributed by atoms with Crippen LogP contribution in [0.2, 0.25) is 0 Å². The summed E-state index contributed by atoms with van der Waals surface area (Å²) in [6.45, 7) is 0. The minimum atomic E-state index is -0.272. The summed E-state index contributed by atoms with van der Waals surface area (Å²) in [6.07, 6.45) is 0.276. The molecule has 0 heterocycles. The van der Waals surface area contributed by atoms with Crippen molar-refractivity contribution in [3.63, 3.8) is 0 Å². The number of benzene rings is 2. The normalized spacial score (nSPS) is 9.48. The molecule has 0 spiro atoms. The first kappa shape index (κ1) is 14.7. The molecule has 5 heteroatoms. The Bertz CT molecular complexity index is 692. The van der Waals surface area contributed by atoms with Gasteiger partial charge in [-0.3, -0.25) is 10.1 Å². The predicted molar refractivity (Wildman–Crippen MR) is 85.9 cm³/mol. The van der Waals surface area contributed by atoms with Crippen LogP contribution in [0.25, 0.3) is 0 Å². The van der Waals surface area contributed by atoms with Crippen LogP contribution in [-0.4, -0.2) is 11.0 Å². The van der Waals surface area contributed by atoms with Gasteiger partial charge in [0.1, 0.15) is 0 Å². The van der Waals surface area contributed by atoms with Gasteiger partial charge >= 0.3 is 0 Å². The van der Waals surface area contributed by atoms with Gasteiger partial charge in [-0.15, -0.1) is 0 Å². The van der Waals surface area contributed by atoms with Gasteiger partial charge in [0.05, 0.1) is 12.5 Å². The Kier molecular flexibility index (Phi) is 5.02. The highest BCUT2D eigenvalue weighted by Gasteiger charge is 2.08. The standard InChI is InChI=1S/C16H13N3OS/c17-11-10-12-6-4-5-9-14(12)18-16(21)19-15(20)13-7-2-1-3-8-13/h1-9H,10H2,(H2,18,19,20,21). The van der Waals surface area contributed by atoms with E-state index in [1.807, 2.05) is 30.3 Å². The summed E-state index contributed by atoms with van der Waals surface area (Å²) in [5, 5.41) is 14.6. The fourth-order valence-electron chi connectivity index (χ4n) is 1.80. The molecule has 21 heavy (non-hydrogen) atoms. The number of amides is 1. The average molecular weight is 295 g/mol. The quantitative estimate of drug-likeness (QED) is 0.855. The van der Waals surface area contributed by atoms with Gasteiger partial charge in [-0.25, -0.2) is 0 Å². The summed E-state index contributed by atoms with van der Waals surface area (Å²) in [5.41, 5.74) is 2.08. The minimum absolute atomic E-state index is 0.203. The molecule has 0 aliphatic rings. The van der Waals surface area contributed by atoms with E-state index in [0.717, 1.165) is 11.3 Å². The molecule has 2 N–H and O–H groups in total. The van der Waals surface area contributed by atoms with Crippen LogP contribution in [0.4, 0.5) is 5.69 Å². The van der Waals surface area contributed by atoms with Crippen molar-refractivity contribution in [2.45, 2.75) is 6.42 Å². The van der Waals surface area contributed by atoms with Crippen LogP contribution in [0, 0.1) is 11.3 Å². The molecule has 0 bridgehead atoms. The molecule has 2 rings (SSSR count). The second-order valence-electron chi connectivity index (χ2n) is 4.27. The smallest absolute Gasteiger partial charge is 0.257 e. The third-order valence-corrected chi connectivity index (χ3v) is 3.00. The minimum Gasteiger partial charge on any atom is -0.332 e. The monoisotopic (exact) mass is 295 g/mol. The first-order valence-electron chi connectivity index (χ1n) is 6.33. The lowest BCUT2D eigenvalue weighted by Crippen LogP contribution is -2.34. The van der Waals surface area contributed by atoms with Gasteiger partial charge in [-0.05, 0) is 36.0 Å². The molecule has 2 aromatic carbocycles. The molecule has 4 nitrogen and oxygen atoms in total. The number of thiocarbonyl (C=S) groups is 1. The molecule has 1 amide bonds. The van der Waals surface area contributed by atoms with Crippen LogP contribution in [0.1, 0.15) is 15.9 Å². The molecule has 0 radical (unpaired) electrons. The zero-order valence-corrected chi connectivity index (χ0v) is 12.0. The zero-order valence-electron chi connectivity index (χ0n) is 11.2. The van der Waals surface area contributed by atoms with Crippen molar-refractivity contribution in [1.29, 1.82) is 5.26 Å². The van der Waals surface area contributed by atoms with E-state index in [1.54, 1.807) is 24.3 Å². The Morgan fingerprint density at radius 1 is 1.10 bits per heavy atom. The maximum absolute atomic E-state index is 12.0. The summed E-state index contributed by atoms with van der Waals surface area (Å²) in [7, 11) is 0. The van der Waals surface area contributed by atoms with E-state index in [0.29, 0.717) is 5.56 Å². The number of para-hydroxylation sites is 1. The SMILES string of the molecule is N#CCc1ccccc1NC(=S)NC(=O)c1ccccc1. The van der Waals surface area contributed by atoms with Gasteiger partial charge in [-0.2, -0.15) is 5.26 Å². The third kappa shape index (κ3) is 4.13. The van der Waals surface area contributed by atoms with Crippen molar-refractivity contribution in [2.75, 3.05) is 5.32 Å². The Labute approximate surface area is 128 Å².